The second-order valence-corrected chi connectivity index (χ2v) is 6.44. The summed E-state index contributed by atoms with van der Waals surface area (Å²) in [5.41, 5.74) is 0.935. The fraction of sp³-hybridized carbons (Fsp3) is 0.421. The van der Waals surface area contributed by atoms with E-state index in [-0.39, 0.29) is 17.6 Å². The van der Waals surface area contributed by atoms with Gasteiger partial charge in [-0.15, -0.1) is 0 Å². The van der Waals surface area contributed by atoms with Crippen molar-refractivity contribution >= 4 is 22.7 Å². The molecule has 1 aromatic carbocycles. The zero-order valence-electron chi connectivity index (χ0n) is 14.1. The van der Waals surface area contributed by atoms with Crippen LogP contribution in [0.1, 0.15) is 42.6 Å². The van der Waals surface area contributed by atoms with Gasteiger partial charge in [0, 0.05) is 11.4 Å². The molecule has 0 aliphatic heterocycles. The molecule has 0 unspecified atom stereocenters. The highest BCUT2D eigenvalue weighted by Gasteiger charge is 2.24. The third-order valence-electron chi connectivity index (χ3n) is 4.59. The number of nitrogens with zero attached hydrogens (tertiary/aromatic N) is 1. The molecule has 1 aromatic heterocycles. The molecule has 0 spiro atoms. The lowest BCUT2D eigenvalue weighted by molar-refractivity contribution is -0.124. The largest absolute Gasteiger partial charge is 0.394 e. The molecule has 1 aliphatic carbocycles. The monoisotopic (exact) mass is 341 g/mol. The maximum absolute atomic E-state index is 12.4. The van der Waals surface area contributed by atoms with Crippen LogP contribution in [-0.4, -0.2) is 40.6 Å². The summed E-state index contributed by atoms with van der Waals surface area (Å²) in [5, 5.41) is 15.9. The highest BCUT2D eigenvalue weighted by atomic mass is 16.3. The van der Waals surface area contributed by atoms with Crippen molar-refractivity contribution in [3.05, 3.63) is 42.1 Å². The number of benzene rings is 1. The number of rotatable bonds is 5. The zero-order valence-corrected chi connectivity index (χ0v) is 14.1. The minimum Gasteiger partial charge on any atom is -0.394 e. The summed E-state index contributed by atoms with van der Waals surface area (Å²) in [4.78, 5) is 29.0. The van der Waals surface area contributed by atoms with E-state index in [4.69, 9.17) is 0 Å². The van der Waals surface area contributed by atoms with E-state index in [1.54, 1.807) is 6.07 Å². The van der Waals surface area contributed by atoms with Gasteiger partial charge < -0.3 is 15.7 Å². The Morgan fingerprint density at radius 2 is 1.88 bits per heavy atom. The molecule has 1 fully saturated rings. The number of pyridine rings is 1. The Morgan fingerprint density at radius 3 is 2.64 bits per heavy atom. The van der Waals surface area contributed by atoms with Gasteiger partial charge in [0.2, 0.25) is 5.91 Å². The van der Waals surface area contributed by atoms with Crippen molar-refractivity contribution < 1.29 is 14.7 Å². The standard InChI is InChI=1S/C19H23N3O3/c23-12-17(19(25)20-14-7-2-1-3-8-14)22-18(24)16-11-10-13-6-4-5-9-15(13)21-16/h4-6,9-11,14,17,23H,1-3,7-8,12H2,(H,20,25)(H,22,24)/t17-/m0/s1. The SMILES string of the molecule is O=C(N[C@@H](CO)C(=O)NC1CCCCC1)c1ccc2ccccc2n1. The van der Waals surface area contributed by atoms with Gasteiger partial charge in [0.1, 0.15) is 11.7 Å². The molecule has 25 heavy (non-hydrogen) atoms. The first-order valence-corrected chi connectivity index (χ1v) is 8.75. The molecule has 0 saturated heterocycles. The van der Waals surface area contributed by atoms with Crippen molar-refractivity contribution in [2.24, 2.45) is 0 Å². The van der Waals surface area contributed by atoms with E-state index in [0.29, 0.717) is 5.52 Å². The molecule has 1 atom stereocenters. The van der Waals surface area contributed by atoms with Crippen LogP contribution in [-0.2, 0) is 4.79 Å². The number of carbonyl (C=O) groups excluding carboxylic acids is 2. The smallest absolute Gasteiger partial charge is 0.270 e. The first-order valence-electron chi connectivity index (χ1n) is 8.75. The lowest BCUT2D eigenvalue weighted by Gasteiger charge is -2.25. The van der Waals surface area contributed by atoms with Gasteiger partial charge in [0.15, 0.2) is 0 Å². The van der Waals surface area contributed by atoms with Crippen molar-refractivity contribution in [3.63, 3.8) is 0 Å². The van der Waals surface area contributed by atoms with Gasteiger partial charge in [0.05, 0.1) is 12.1 Å². The second-order valence-electron chi connectivity index (χ2n) is 6.44. The van der Waals surface area contributed by atoms with Gasteiger partial charge >= 0.3 is 0 Å². The van der Waals surface area contributed by atoms with E-state index in [1.165, 1.54) is 6.42 Å². The molecule has 3 N–H and O–H groups in total. The van der Waals surface area contributed by atoms with Crippen LogP contribution in [0.4, 0.5) is 0 Å². The lowest BCUT2D eigenvalue weighted by Crippen LogP contribution is -2.51. The van der Waals surface area contributed by atoms with Crippen LogP contribution in [0.5, 0.6) is 0 Å². The Kier molecular flexibility index (Phi) is 5.60. The average molecular weight is 341 g/mol. The van der Waals surface area contributed by atoms with Crippen LogP contribution in [0.15, 0.2) is 36.4 Å². The molecule has 2 amide bonds. The molecular weight excluding hydrogens is 318 g/mol. The number of amides is 2. The first kappa shape index (κ1) is 17.4. The van der Waals surface area contributed by atoms with Gasteiger partial charge in [-0.2, -0.15) is 0 Å². The van der Waals surface area contributed by atoms with E-state index < -0.39 is 18.6 Å². The predicted octanol–water partition coefficient (Wildman–Crippen LogP) is 1.77. The third-order valence-corrected chi connectivity index (χ3v) is 4.59. The minimum atomic E-state index is -0.970. The number of hydrogen-bond donors (Lipinski definition) is 3. The summed E-state index contributed by atoms with van der Waals surface area (Å²) in [6, 6.07) is 10.1. The average Bonchev–Trinajstić information content (AvgIpc) is 2.66. The number of nitrogens with one attached hydrogen (secondary N) is 2. The molecule has 1 heterocycles. The summed E-state index contributed by atoms with van der Waals surface area (Å²) in [6.07, 6.45) is 5.29. The molecule has 0 radical (unpaired) electrons. The van der Waals surface area contributed by atoms with Crippen LogP contribution in [0.3, 0.4) is 0 Å². The number of para-hydroxylation sites is 1. The Hall–Kier alpha value is -2.47. The van der Waals surface area contributed by atoms with Crippen molar-refractivity contribution in [2.45, 2.75) is 44.2 Å². The number of aromatic nitrogens is 1. The Bertz CT molecular complexity index is 756. The predicted molar refractivity (Wildman–Crippen MR) is 95.1 cm³/mol. The van der Waals surface area contributed by atoms with Crippen molar-refractivity contribution in [1.29, 1.82) is 0 Å². The quantitative estimate of drug-likeness (QED) is 0.773. The summed E-state index contributed by atoms with van der Waals surface area (Å²) >= 11 is 0. The van der Waals surface area contributed by atoms with Gasteiger partial charge in [0.25, 0.3) is 5.91 Å². The van der Waals surface area contributed by atoms with Crippen LogP contribution < -0.4 is 10.6 Å². The summed E-state index contributed by atoms with van der Waals surface area (Å²) in [7, 11) is 0. The van der Waals surface area contributed by atoms with Crippen LogP contribution in [0, 0.1) is 0 Å². The maximum Gasteiger partial charge on any atom is 0.270 e. The summed E-state index contributed by atoms with van der Waals surface area (Å²) in [5.74, 6) is -0.813. The summed E-state index contributed by atoms with van der Waals surface area (Å²) in [6.45, 7) is -0.447. The molecule has 2 aromatic rings. The third kappa shape index (κ3) is 4.33. The highest BCUT2D eigenvalue weighted by Crippen LogP contribution is 2.17. The Labute approximate surface area is 146 Å². The number of aliphatic hydroxyl groups is 1. The van der Waals surface area contributed by atoms with E-state index in [0.717, 1.165) is 31.1 Å². The van der Waals surface area contributed by atoms with Gasteiger partial charge in [-0.25, -0.2) is 4.98 Å². The number of aliphatic hydroxyl groups excluding tert-OH is 1. The van der Waals surface area contributed by atoms with Crippen LogP contribution in [0.25, 0.3) is 10.9 Å². The second kappa shape index (κ2) is 8.07. The molecule has 132 valence electrons. The topological polar surface area (TPSA) is 91.3 Å². The highest BCUT2D eigenvalue weighted by molar-refractivity contribution is 5.97. The molecule has 3 rings (SSSR count). The zero-order chi connectivity index (χ0) is 17.6. The van der Waals surface area contributed by atoms with Crippen molar-refractivity contribution in [1.82, 2.24) is 15.6 Å². The fourth-order valence-corrected chi connectivity index (χ4v) is 3.17. The lowest BCUT2D eigenvalue weighted by atomic mass is 9.95. The van der Waals surface area contributed by atoms with Gasteiger partial charge in [-0.05, 0) is 25.0 Å². The first-order chi connectivity index (χ1) is 12.2. The number of hydrogen-bond acceptors (Lipinski definition) is 4. The van der Waals surface area contributed by atoms with E-state index in [9.17, 15) is 14.7 Å². The summed E-state index contributed by atoms with van der Waals surface area (Å²) < 4.78 is 0. The molecule has 6 heteroatoms. The van der Waals surface area contributed by atoms with E-state index in [1.807, 2.05) is 30.3 Å². The molecule has 0 bridgehead atoms. The molecule has 1 saturated carbocycles. The normalized spacial score (nSPS) is 16.4. The van der Waals surface area contributed by atoms with Gasteiger partial charge in [-0.1, -0.05) is 43.5 Å². The molecule has 1 aliphatic rings. The number of fused-ring (bicyclic) bond motifs is 1. The van der Waals surface area contributed by atoms with Crippen LogP contribution in [0.2, 0.25) is 0 Å². The molecule has 6 nitrogen and oxygen atoms in total. The maximum atomic E-state index is 12.4. The minimum absolute atomic E-state index is 0.131. The molecular formula is C19H23N3O3. The van der Waals surface area contributed by atoms with Gasteiger partial charge in [-0.3, -0.25) is 9.59 Å². The van der Waals surface area contributed by atoms with Crippen LogP contribution >= 0.6 is 0 Å². The van der Waals surface area contributed by atoms with E-state index in [2.05, 4.69) is 15.6 Å². The number of carbonyl (C=O) groups is 2. The Morgan fingerprint density at radius 1 is 1.12 bits per heavy atom. The fourth-order valence-electron chi connectivity index (χ4n) is 3.17. The van der Waals surface area contributed by atoms with Crippen molar-refractivity contribution in [2.75, 3.05) is 6.61 Å². The van der Waals surface area contributed by atoms with Crippen molar-refractivity contribution in [3.8, 4) is 0 Å². The Balaban J connectivity index is 1.64. The van der Waals surface area contributed by atoms with E-state index >= 15 is 0 Å².